The van der Waals surface area contributed by atoms with Crippen LogP contribution in [-0.2, 0) is 24.3 Å². The molecule has 0 aromatic heterocycles. The van der Waals surface area contributed by atoms with E-state index in [1.54, 1.807) is 30.3 Å². The number of hydrogen-bond donors (Lipinski definition) is 1. The van der Waals surface area contributed by atoms with Gasteiger partial charge in [0.1, 0.15) is 6.04 Å². The fourth-order valence-corrected chi connectivity index (χ4v) is 6.17. The molecule has 154 valence electrons. The van der Waals surface area contributed by atoms with E-state index in [9.17, 15) is 13.2 Å². The maximum atomic E-state index is 13.1. The minimum absolute atomic E-state index is 0.00819. The van der Waals surface area contributed by atoms with Crippen LogP contribution in [0.1, 0.15) is 38.5 Å². The Morgan fingerprint density at radius 1 is 1.14 bits per heavy atom. The van der Waals surface area contributed by atoms with E-state index >= 15 is 0 Å². The Bertz CT molecular complexity index is 792. The van der Waals surface area contributed by atoms with Gasteiger partial charge in [0.25, 0.3) is 0 Å². The monoisotopic (exact) mass is 408 g/mol. The molecule has 1 N–H and O–H groups in total. The van der Waals surface area contributed by atoms with Crippen molar-refractivity contribution >= 4 is 15.9 Å². The fraction of sp³-hybridized carbons (Fsp3) is 0.650. The molecule has 8 heteroatoms. The quantitative estimate of drug-likeness (QED) is 0.819. The van der Waals surface area contributed by atoms with Crippen molar-refractivity contribution in [3.63, 3.8) is 0 Å². The fourth-order valence-electron chi connectivity index (χ4n) is 4.49. The summed E-state index contributed by atoms with van der Waals surface area (Å²) in [5.74, 6) is -0.194. The Morgan fingerprint density at radius 3 is 2.71 bits per heavy atom. The van der Waals surface area contributed by atoms with Crippen LogP contribution in [0.25, 0.3) is 0 Å². The number of carbonyl (C=O) groups is 1. The van der Waals surface area contributed by atoms with Crippen LogP contribution in [0.5, 0.6) is 0 Å². The summed E-state index contributed by atoms with van der Waals surface area (Å²) in [6.07, 6.45) is 4.48. The van der Waals surface area contributed by atoms with E-state index in [1.807, 2.05) is 0 Å². The van der Waals surface area contributed by atoms with E-state index in [0.29, 0.717) is 32.8 Å². The zero-order valence-corrected chi connectivity index (χ0v) is 16.8. The molecule has 0 bridgehead atoms. The van der Waals surface area contributed by atoms with Crippen LogP contribution in [0.4, 0.5) is 0 Å². The maximum Gasteiger partial charge on any atom is 0.243 e. The highest BCUT2D eigenvalue weighted by Crippen LogP contribution is 2.33. The van der Waals surface area contributed by atoms with Crippen LogP contribution in [0.3, 0.4) is 0 Å². The van der Waals surface area contributed by atoms with Crippen LogP contribution in [-0.4, -0.2) is 62.7 Å². The largest absolute Gasteiger partial charge is 0.378 e. The number of rotatable bonds is 4. The normalized spacial score (nSPS) is 31.7. The van der Waals surface area contributed by atoms with Crippen LogP contribution >= 0.6 is 0 Å². The van der Waals surface area contributed by atoms with E-state index < -0.39 is 16.1 Å². The lowest BCUT2D eigenvalue weighted by atomic mass is 9.89. The molecular formula is C20H28N2O5S. The lowest BCUT2D eigenvalue weighted by Crippen LogP contribution is -2.56. The molecule has 3 saturated heterocycles. The van der Waals surface area contributed by atoms with Gasteiger partial charge in [0, 0.05) is 32.2 Å². The summed E-state index contributed by atoms with van der Waals surface area (Å²) >= 11 is 0. The minimum atomic E-state index is -3.69. The van der Waals surface area contributed by atoms with Gasteiger partial charge in [0.15, 0.2) is 0 Å². The summed E-state index contributed by atoms with van der Waals surface area (Å²) in [5, 5.41) is 3.11. The Balaban J connectivity index is 1.47. The number of nitrogens with zero attached hydrogens (tertiary/aromatic N) is 1. The molecular weight excluding hydrogens is 380 g/mol. The van der Waals surface area contributed by atoms with Crippen LogP contribution < -0.4 is 5.32 Å². The summed E-state index contributed by atoms with van der Waals surface area (Å²) in [5.41, 5.74) is -0.293. The van der Waals surface area contributed by atoms with Crippen molar-refractivity contribution in [2.45, 2.75) is 61.1 Å². The number of piperidine rings is 1. The molecule has 3 aliphatic rings. The summed E-state index contributed by atoms with van der Waals surface area (Å²) < 4.78 is 39.0. The SMILES string of the molecule is O=C(NC1CCOC2(CCOC2)C1)C1CCCCN1S(=O)(=O)c1ccccc1. The highest BCUT2D eigenvalue weighted by Gasteiger charge is 2.43. The average Bonchev–Trinajstić information content (AvgIpc) is 3.16. The van der Waals surface area contributed by atoms with Gasteiger partial charge in [-0.2, -0.15) is 4.31 Å². The van der Waals surface area contributed by atoms with E-state index in [-0.39, 0.29) is 22.4 Å². The molecule has 1 aromatic rings. The predicted octanol–water partition coefficient (Wildman–Crippen LogP) is 1.68. The third kappa shape index (κ3) is 3.96. The van der Waals surface area contributed by atoms with Gasteiger partial charge in [-0.25, -0.2) is 8.42 Å². The van der Waals surface area contributed by atoms with Gasteiger partial charge in [-0.1, -0.05) is 24.6 Å². The van der Waals surface area contributed by atoms with Crippen molar-refractivity contribution in [3.05, 3.63) is 30.3 Å². The number of benzene rings is 1. The number of ether oxygens (including phenoxy) is 2. The number of carbonyl (C=O) groups excluding carboxylic acids is 1. The highest BCUT2D eigenvalue weighted by atomic mass is 32.2. The molecule has 3 atom stereocenters. The first-order valence-electron chi connectivity index (χ1n) is 10.1. The summed E-state index contributed by atoms with van der Waals surface area (Å²) in [7, 11) is -3.69. The molecule has 4 rings (SSSR count). The topological polar surface area (TPSA) is 84.9 Å². The van der Waals surface area contributed by atoms with Gasteiger partial charge >= 0.3 is 0 Å². The van der Waals surface area contributed by atoms with Gasteiger partial charge in [-0.3, -0.25) is 4.79 Å². The molecule has 1 aromatic carbocycles. The van der Waals surface area contributed by atoms with Crippen molar-refractivity contribution < 1.29 is 22.7 Å². The Kier molecular flexibility index (Phi) is 5.73. The second kappa shape index (κ2) is 8.10. The lowest BCUT2D eigenvalue weighted by molar-refractivity contribution is -0.130. The molecule has 3 heterocycles. The predicted molar refractivity (Wildman–Crippen MR) is 103 cm³/mol. The molecule has 3 unspecified atom stereocenters. The third-order valence-corrected chi connectivity index (χ3v) is 7.94. The Morgan fingerprint density at radius 2 is 1.96 bits per heavy atom. The van der Waals surface area contributed by atoms with Gasteiger partial charge in [-0.15, -0.1) is 0 Å². The van der Waals surface area contributed by atoms with Crippen molar-refractivity contribution in [2.24, 2.45) is 0 Å². The number of hydrogen-bond acceptors (Lipinski definition) is 5. The van der Waals surface area contributed by atoms with E-state index in [4.69, 9.17) is 9.47 Å². The van der Waals surface area contributed by atoms with Gasteiger partial charge < -0.3 is 14.8 Å². The van der Waals surface area contributed by atoms with Crippen molar-refractivity contribution in [1.29, 1.82) is 0 Å². The standard InChI is InChI=1S/C20H28N2O5S/c23-19(21-16-9-12-27-20(14-16)10-13-26-15-20)18-8-4-5-11-22(18)28(24,25)17-6-2-1-3-7-17/h1-3,6-7,16,18H,4-5,8-15H2,(H,21,23). The second-order valence-electron chi connectivity index (χ2n) is 7.97. The zero-order valence-electron chi connectivity index (χ0n) is 16.0. The first kappa shape index (κ1) is 19.8. The van der Waals surface area contributed by atoms with Crippen molar-refractivity contribution in [2.75, 3.05) is 26.4 Å². The molecule has 3 fully saturated rings. The first-order chi connectivity index (χ1) is 13.5. The van der Waals surface area contributed by atoms with Gasteiger partial charge in [0.05, 0.1) is 17.1 Å². The molecule has 1 amide bonds. The molecule has 0 radical (unpaired) electrons. The molecule has 3 aliphatic heterocycles. The van der Waals surface area contributed by atoms with Crippen LogP contribution in [0, 0.1) is 0 Å². The molecule has 1 spiro atoms. The molecule has 0 saturated carbocycles. The van der Waals surface area contributed by atoms with Crippen LogP contribution in [0.2, 0.25) is 0 Å². The van der Waals surface area contributed by atoms with Gasteiger partial charge in [-0.05, 0) is 37.8 Å². The van der Waals surface area contributed by atoms with E-state index in [0.717, 1.165) is 32.1 Å². The van der Waals surface area contributed by atoms with E-state index in [2.05, 4.69) is 5.32 Å². The van der Waals surface area contributed by atoms with E-state index in [1.165, 1.54) is 4.31 Å². The highest BCUT2D eigenvalue weighted by molar-refractivity contribution is 7.89. The lowest BCUT2D eigenvalue weighted by Gasteiger charge is -2.39. The maximum absolute atomic E-state index is 13.1. The number of sulfonamides is 1. The number of amides is 1. The summed E-state index contributed by atoms with van der Waals surface area (Å²) in [6.45, 7) is 2.22. The average molecular weight is 409 g/mol. The third-order valence-electron chi connectivity index (χ3n) is 6.01. The smallest absolute Gasteiger partial charge is 0.243 e. The van der Waals surface area contributed by atoms with Crippen molar-refractivity contribution in [3.8, 4) is 0 Å². The second-order valence-corrected chi connectivity index (χ2v) is 9.86. The molecule has 0 aliphatic carbocycles. The van der Waals surface area contributed by atoms with Gasteiger partial charge in [0.2, 0.25) is 15.9 Å². The zero-order chi connectivity index (χ0) is 19.6. The molecule has 7 nitrogen and oxygen atoms in total. The first-order valence-corrected chi connectivity index (χ1v) is 11.5. The minimum Gasteiger partial charge on any atom is -0.378 e. The summed E-state index contributed by atoms with van der Waals surface area (Å²) in [4.78, 5) is 13.3. The van der Waals surface area contributed by atoms with Crippen molar-refractivity contribution in [1.82, 2.24) is 9.62 Å². The van der Waals surface area contributed by atoms with Crippen LogP contribution in [0.15, 0.2) is 35.2 Å². The molecule has 28 heavy (non-hydrogen) atoms. The summed E-state index contributed by atoms with van der Waals surface area (Å²) in [6, 6.07) is 7.70. The Hall–Kier alpha value is -1.48. The Labute approximate surface area is 166 Å². The number of nitrogens with one attached hydrogen (secondary N) is 1.